The summed E-state index contributed by atoms with van der Waals surface area (Å²) in [6.45, 7) is 4.94. The molecule has 0 bridgehead atoms. The molecule has 1 aliphatic rings. The van der Waals surface area contributed by atoms with Gasteiger partial charge >= 0.3 is 6.03 Å². The van der Waals surface area contributed by atoms with Crippen molar-refractivity contribution in [3.63, 3.8) is 0 Å². The van der Waals surface area contributed by atoms with Crippen molar-refractivity contribution in [3.05, 3.63) is 30.3 Å². The van der Waals surface area contributed by atoms with Crippen LogP contribution in [0.2, 0.25) is 0 Å². The van der Waals surface area contributed by atoms with E-state index in [9.17, 15) is 13.2 Å². The summed E-state index contributed by atoms with van der Waals surface area (Å²) in [5.74, 6) is 0. The second kappa shape index (κ2) is 7.11. The molecule has 1 aromatic carbocycles. The molecule has 1 heterocycles. The summed E-state index contributed by atoms with van der Waals surface area (Å²) in [6.07, 6.45) is 1.25. The average Bonchev–Trinajstić information content (AvgIpc) is 2.48. The van der Waals surface area contributed by atoms with Crippen LogP contribution in [0.3, 0.4) is 0 Å². The van der Waals surface area contributed by atoms with Gasteiger partial charge in [-0.25, -0.2) is 17.9 Å². The maximum absolute atomic E-state index is 12.3. The minimum absolute atomic E-state index is 0.0839. The van der Waals surface area contributed by atoms with Gasteiger partial charge in [0.1, 0.15) is 0 Å². The quantitative estimate of drug-likeness (QED) is 0.881. The molecule has 0 saturated carbocycles. The van der Waals surface area contributed by atoms with Crippen LogP contribution in [0.1, 0.15) is 26.7 Å². The Hall–Kier alpha value is -1.60. The SMILES string of the molecule is CC(C)NC(=O)N1CCC(NS(=O)(=O)c2ccccc2)CC1. The summed E-state index contributed by atoms with van der Waals surface area (Å²) in [5, 5.41) is 2.85. The molecule has 1 saturated heterocycles. The number of likely N-dealkylation sites (tertiary alicyclic amines) is 1. The minimum Gasteiger partial charge on any atom is -0.336 e. The van der Waals surface area contributed by atoms with Gasteiger partial charge in [-0.2, -0.15) is 0 Å². The summed E-state index contributed by atoms with van der Waals surface area (Å²) in [7, 11) is -3.49. The zero-order valence-corrected chi connectivity index (χ0v) is 13.8. The molecule has 0 atom stereocenters. The van der Waals surface area contributed by atoms with E-state index in [0.717, 1.165) is 0 Å². The number of hydrogen-bond acceptors (Lipinski definition) is 3. The normalized spacial score (nSPS) is 16.8. The molecule has 1 fully saturated rings. The summed E-state index contributed by atoms with van der Waals surface area (Å²) < 4.78 is 27.2. The van der Waals surface area contributed by atoms with Gasteiger partial charge in [-0.05, 0) is 38.8 Å². The first kappa shape index (κ1) is 16.8. The number of nitrogens with one attached hydrogen (secondary N) is 2. The lowest BCUT2D eigenvalue weighted by molar-refractivity contribution is 0.177. The molecular formula is C15H23N3O3S. The monoisotopic (exact) mass is 325 g/mol. The lowest BCUT2D eigenvalue weighted by Crippen LogP contribution is -2.50. The molecule has 2 rings (SSSR count). The molecule has 7 heteroatoms. The first-order valence-electron chi connectivity index (χ1n) is 7.51. The summed E-state index contributed by atoms with van der Waals surface area (Å²) in [4.78, 5) is 13.9. The Morgan fingerprint density at radius 1 is 1.18 bits per heavy atom. The van der Waals surface area contributed by atoms with E-state index < -0.39 is 10.0 Å². The number of urea groups is 1. The number of benzene rings is 1. The first-order chi connectivity index (χ1) is 10.4. The van der Waals surface area contributed by atoms with Gasteiger partial charge in [-0.15, -0.1) is 0 Å². The van der Waals surface area contributed by atoms with E-state index in [0.29, 0.717) is 25.9 Å². The van der Waals surface area contributed by atoms with Crippen LogP contribution >= 0.6 is 0 Å². The summed E-state index contributed by atoms with van der Waals surface area (Å²) in [5.41, 5.74) is 0. The van der Waals surface area contributed by atoms with E-state index in [1.54, 1.807) is 35.2 Å². The largest absolute Gasteiger partial charge is 0.336 e. The van der Waals surface area contributed by atoms with E-state index in [1.807, 2.05) is 13.8 Å². The number of piperidine rings is 1. The fourth-order valence-corrected chi connectivity index (χ4v) is 3.75. The molecule has 6 nitrogen and oxygen atoms in total. The van der Waals surface area contributed by atoms with E-state index in [4.69, 9.17) is 0 Å². The molecule has 0 aliphatic carbocycles. The van der Waals surface area contributed by atoms with E-state index in [2.05, 4.69) is 10.0 Å². The standard InChI is InChI=1S/C15H23N3O3S/c1-12(2)16-15(19)18-10-8-13(9-11-18)17-22(20,21)14-6-4-3-5-7-14/h3-7,12-13,17H,8-11H2,1-2H3,(H,16,19). The Balaban J connectivity index is 1.89. The summed E-state index contributed by atoms with van der Waals surface area (Å²) >= 11 is 0. The van der Waals surface area contributed by atoms with Gasteiger partial charge in [0, 0.05) is 25.2 Å². The Bertz CT molecular complexity index is 594. The van der Waals surface area contributed by atoms with E-state index >= 15 is 0 Å². The maximum Gasteiger partial charge on any atom is 0.317 e. The highest BCUT2D eigenvalue weighted by atomic mass is 32.2. The molecule has 2 N–H and O–H groups in total. The Morgan fingerprint density at radius 3 is 2.32 bits per heavy atom. The smallest absolute Gasteiger partial charge is 0.317 e. The lowest BCUT2D eigenvalue weighted by Gasteiger charge is -2.32. The Morgan fingerprint density at radius 2 is 1.77 bits per heavy atom. The van der Waals surface area contributed by atoms with Gasteiger partial charge in [0.2, 0.25) is 10.0 Å². The van der Waals surface area contributed by atoms with Crippen LogP contribution in [0, 0.1) is 0 Å². The first-order valence-corrected chi connectivity index (χ1v) is 8.99. The minimum atomic E-state index is -3.49. The summed E-state index contributed by atoms with van der Waals surface area (Å²) in [6, 6.07) is 8.22. The van der Waals surface area contributed by atoms with E-state index in [1.165, 1.54) is 0 Å². The van der Waals surface area contributed by atoms with Gasteiger partial charge in [0.05, 0.1) is 4.90 Å². The van der Waals surface area contributed by atoms with Crippen LogP contribution in [0.5, 0.6) is 0 Å². The van der Waals surface area contributed by atoms with Crippen molar-refractivity contribution in [2.24, 2.45) is 0 Å². The highest BCUT2D eigenvalue weighted by Gasteiger charge is 2.26. The van der Waals surface area contributed by atoms with Crippen LogP contribution in [0.4, 0.5) is 4.79 Å². The number of hydrogen-bond donors (Lipinski definition) is 2. The number of amides is 2. The third kappa shape index (κ3) is 4.45. The van der Waals surface area contributed by atoms with Crippen molar-refractivity contribution in [1.82, 2.24) is 14.9 Å². The fourth-order valence-electron chi connectivity index (χ4n) is 2.43. The number of carbonyl (C=O) groups is 1. The highest BCUT2D eigenvalue weighted by molar-refractivity contribution is 7.89. The van der Waals surface area contributed by atoms with Crippen molar-refractivity contribution in [2.75, 3.05) is 13.1 Å². The van der Waals surface area contributed by atoms with Crippen molar-refractivity contribution in [3.8, 4) is 0 Å². The van der Waals surface area contributed by atoms with Crippen molar-refractivity contribution in [1.29, 1.82) is 0 Å². The molecule has 0 unspecified atom stereocenters. The van der Waals surface area contributed by atoms with Crippen LogP contribution < -0.4 is 10.0 Å². The fraction of sp³-hybridized carbons (Fsp3) is 0.533. The number of nitrogens with zero attached hydrogens (tertiary/aromatic N) is 1. The van der Waals surface area contributed by atoms with Gasteiger partial charge in [0.25, 0.3) is 0 Å². The number of sulfonamides is 1. The van der Waals surface area contributed by atoms with Crippen LogP contribution in [0.15, 0.2) is 35.2 Å². The predicted octanol–water partition coefficient (Wildman–Crippen LogP) is 1.55. The maximum atomic E-state index is 12.3. The van der Waals surface area contributed by atoms with Crippen molar-refractivity contribution >= 4 is 16.1 Å². The third-order valence-corrected chi connectivity index (χ3v) is 5.11. The molecular weight excluding hydrogens is 302 g/mol. The zero-order chi connectivity index (χ0) is 16.2. The van der Waals surface area contributed by atoms with Gasteiger partial charge < -0.3 is 10.2 Å². The van der Waals surface area contributed by atoms with Crippen LogP contribution in [0.25, 0.3) is 0 Å². The van der Waals surface area contributed by atoms with Gasteiger partial charge in [-0.3, -0.25) is 0 Å². The van der Waals surface area contributed by atoms with Gasteiger partial charge in [0.15, 0.2) is 0 Å². The molecule has 2 amide bonds. The zero-order valence-electron chi connectivity index (χ0n) is 13.0. The molecule has 0 radical (unpaired) electrons. The van der Waals surface area contributed by atoms with E-state index in [-0.39, 0.29) is 23.0 Å². The predicted molar refractivity (Wildman–Crippen MR) is 85.0 cm³/mol. The second-order valence-corrected chi connectivity index (χ2v) is 7.51. The average molecular weight is 325 g/mol. The molecule has 122 valence electrons. The highest BCUT2D eigenvalue weighted by Crippen LogP contribution is 2.15. The van der Waals surface area contributed by atoms with Crippen molar-refractivity contribution < 1.29 is 13.2 Å². The topological polar surface area (TPSA) is 78.5 Å². The van der Waals surface area contributed by atoms with Crippen molar-refractivity contribution in [2.45, 2.75) is 43.7 Å². The molecule has 1 aromatic rings. The number of carbonyl (C=O) groups excluding carboxylic acids is 1. The Labute approximate surface area is 131 Å². The molecule has 0 aromatic heterocycles. The molecule has 1 aliphatic heterocycles. The molecule has 0 spiro atoms. The lowest BCUT2D eigenvalue weighted by atomic mass is 10.1. The second-order valence-electron chi connectivity index (χ2n) is 5.80. The number of rotatable bonds is 4. The third-order valence-electron chi connectivity index (χ3n) is 3.57. The molecule has 22 heavy (non-hydrogen) atoms. The van der Waals surface area contributed by atoms with Gasteiger partial charge in [-0.1, -0.05) is 18.2 Å². The van der Waals surface area contributed by atoms with Crippen LogP contribution in [-0.4, -0.2) is 44.5 Å². The Kier molecular flexibility index (Phi) is 5.42. The van der Waals surface area contributed by atoms with Crippen LogP contribution in [-0.2, 0) is 10.0 Å².